The Hall–Kier alpha value is -0.900. The molecule has 0 spiro atoms. The molecule has 1 saturated carbocycles. The largest absolute Gasteiger partial charge is 0.393 e. The van der Waals surface area contributed by atoms with Crippen LogP contribution in [-0.2, 0) is 6.54 Å². The van der Waals surface area contributed by atoms with Crippen LogP contribution >= 0.6 is 0 Å². The average molecular weight is 302 g/mol. The van der Waals surface area contributed by atoms with Gasteiger partial charge >= 0.3 is 0 Å². The van der Waals surface area contributed by atoms with Crippen molar-refractivity contribution in [3.8, 4) is 0 Å². The van der Waals surface area contributed by atoms with Crippen molar-refractivity contribution < 1.29 is 5.11 Å². The molecule has 1 aromatic carbocycles. The third-order valence-corrected chi connectivity index (χ3v) is 5.54. The van der Waals surface area contributed by atoms with Crippen molar-refractivity contribution in [2.45, 2.75) is 51.3 Å². The molecule has 0 radical (unpaired) electrons. The zero-order chi connectivity index (χ0) is 15.4. The predicted octanol–water partition coefficient (Wildman–Crippen LogP) is 2.65. The second kappa shape index (κ2) is 7.58. The smallest absolute Gasteiger partial charge is 0.0549 e. The summed E-state index contributed by atoms with van der Waals surface area (Å²) in [6, 6.07) is 11.5. The SMILES string of the molecule is CCC(O)CCNC1CCC2CN(Cc3ccccc3)CC21. The van der Waals surface area contributed by atoms with E-state index in [-0.39, 0.29) is 6.10 Å². The molecule has 22 heavy (non-hydrogen) atoms. The Labute approximate surface area is 134 Å². The first-order chi connectivity index (χ1) is 10.8. The minimum atomic E-state index is -0.136. The van der Waals surface area contributed by atoms with E-state index in [4.69, 9.17) is 0 Å². The van der Waals surface area contributed by atoms with Gasteiger partial charge in [0.15, 0.2) is 0 Å². The van der Waals surface area contributed by atoms with Gasteiger partial charge < -0.3 is 10.4 Å². The molecule has 0 amide bonds. The van der Waals surface area contributed by atoms with Crippen LogP contribution < -0.4 is 5.32 Å². The molecule has 1 saturated heterocycles. The third-order valence-electron chi connectivity index (χ3n) is 5.54. The van der Waals surface area contributed by atoms with Gasteiger partial charge in [0.25, 0.3) is 0 Å². The first-order valence-electron chi connectivity index (χ1n) is 8.94. The highest BCUT2D eigenvalue weighted by atomic mass is 16.3. The van der Waals surface area contributed by atoms with E-state index in [0.717, 1.165) is 37.8 Å². The van der Waals surface area contributed by atoms with Gasteiger partial charge in [-0.15, -0.1) is 0 Å². The van der Waals surface area contributed by atoms with Crippen LogP contribution in [0.3, 0.4) is 0 Å². The van der Waals surface area contributed by atoms with E-state index in [9.17, 15) is 5.11 Å². The Kier molecular flexibility index (Phi) is 5.51. The van der Waals surface area contributed by atoms with Crippen molar-refractivity contribution in [3.63, 3.8) is 0 Å². The van der Waals surface area contributed by atoms with E-state index in [1.165, 1.54) is 31.5 Å². The van der Waals surface area contributed by atoms with E-state index in [1.54, 1.807) is 0 Å². The fourth-order valence-electron chi connectivity index (χ4n) is 4.22. The first-order valence-corrected chi connectivity index (χ1v) is 8.94. The summed E-state index contributed by atoms with van der Waals surface area (Å²) in [6.07, 6.45) is 4.30. The second-order valence-corrected chi connectivity index (χ2v) is 7.09. The molecule has 1 heterocycles. The number of nitrogens with one attached hydrogen (secondary N) is 1. The summed E-state index contributed by atoms with van der Waals surface area (Å²) < 4.78 is 0. The van der Waals surface area contributed by atoms with Crippen molar-refractivity contribution in [2.75, 3.05) is 19.6 Å². The lowest BCUT2D eigenvalue weighted by molar-refractivity contribution is 0.157. The van der Waals surface area contributed by atoms with E-state index in [1.807, 2.05) is 0 Å². The Morgan fingerprint density at radius 2 is 2.05 bits per heavy atom. The van der Waals surface area contributed by atoms with Gasteiger partial charge in [0.2, 0.25) is 0 Å². The van der Waals surface area contributed by atoms with E-state index in [2.05, 4.69) is 47.5 Å². The monoisotopic (exact) mass is 302 g/mol. The quantitative estimate of drug-likeness (QED) is 0.813. The molecule has 2 aliphatic rings. The predicted molar refractivity (Wildman–Crippen MR) is 90.6 cm³/mol. The summed E-state index contributed by atoms with van der Waals surface area (Å²) in [5.41, 5.74) is 1.43. The molecule has 1 aliphatic heterocycles. The van der Waals surface area contributed by atoms with Crippen LogP contribution in [0.5, 0.6) is 0 Å². The fourth-order valence-corrected chi connectivity index (χ4v) is 4.22. The molecule has 122 valence electrons. The first kappa shape index (κ1) is 16.0. The van der Waals surface area contributed by atoms with Crippen LogP contribution in [0.4, 0.5) is 0 Å². The van der Waals surface area contributed by atoms with Crippen LogP contribution in [0.2, 0.25) is 0 Å². The van der Waals surface area contributed by atoms with Gasteiger partial charge in [-0.25, -0.2) is 0 Å². The molecule has 4 atom stereocenters. The molecule has 3 nitrogen and oxygen atoms in total. The van der Waals surface area contributed by atoms with Crippen molar-refractivity contribution >= 4 is 0 Å². The zero-order valence-corrected chi connectivity index (χ0v) is 13.7. The number of fused-ring (bicyclic) bond motifs is 1. The summed E-state index contributed by atoms with van der Waals surface area (Å²) in [5.74, 6) is 1.68. The van der Waals surface area contributed by atoms with Gasteiger partial charge in [-0.3, -0.25) is 4.90 Å². The number of hydrogen-bond acceptors (Lipinski definition) is 3. The van der Waals surface area contributed by atoms with Crippen molar-refractivity contribution in [3.05, 3.63) is 35.9 Å². The van der Waals surface area contributed by atoms with Crippen LogP contribution in [0, 0.1) is 11.8 Å². The minimum Gasteiger partial charge on any atom is -0.393 e. The number of aliphatic hydroxyl groups excluding tert-OH is 1. The highest BCUT2D eigenvalue weighted by Gasteiger charge is 2.42. The fraction of sp³-hybridized carbons (Fsp3) is 0.684. The molecule has 1 aliphatic carbocycles. The lowest BCUT2D eigenvalue weighted by Gasteiger charge is -2.22. The zero-order valence-electron chi connectivity index (χ0n) is 13.7. The van der Waals surface area contributed by atoms with Crippen LogP contribution in [0.25, 0.3) is 0 Å². The number of nitrogens with zero attached hydrogens (tertiary/aromatic N) is 1. The minimum absolute atomic E-state index is 0.136. The van der Waals surface area contributed by atoms with E-state index >= 15 is 0 Å². The summed E-state index contributed by atoms with van der Waals surface area (Å²) in [4.78, 5) is 2.62. The van der Waals surface area contributed by atoms with Gasteiger partial charge in [-0.2, -0.15) is 0 Å². The average Bonchev–Trinajstić information content (AvgIpc) is 3.09. The van der Waals surface area contributed by atoms with E-state index in [0.29, 0.717) is 6.04 Å². The van der Waals surface area contributed by atoms with Gasteiger partial charge in [-0.05, 0) is 49.6 Å². The third kappa shape index (κ3) is 3.89. The summed E-state index contributed by atoms with van der Waals surface area (Å²) >= 11 is 0. The Morgan fingerprint density at radius 1 is 1.23 bits per heavy atom. The Balaban J connectivity index is 1.46. The molecule has 3 rings (SSSR count). The van der Waals surface area contributed by atoms with Crippen molar-refractivity contribution in [1.82, 2.24) is 10.2 Å². The van der Waals surface area contributed by atoms with Crippen LogP contribution in [-0.4, -0.2) is 41.8 Å². The molecular formula is C19H30N2O. The van der Waals surface area contributed by atoms with Gasteiger partial charge in [-0.1, -0.05) is 37.3 Å². The number of aliphatic hydroxyl groups is 1. The van der Waals surface area contributed by atoms with Crippen LogP contribution in [0.1, 0.15) is 38.2 Å². The van der Waals surface area contributed by atoms with Crippen LogP contribution in [0.15, 0.2) is 30.3 Å². The normalized spacial score (nSPS) is 29.6. The number of likely N-dealkylation sites (tertiary alicyclic amines) is 1. The Morgan fingerprint density at radius 3 is 2.82 bits per heavy atom. The van der Waals surface area contributed by atoms with Crippen molar-refractivity contribution in [2.24, 2.45) is 11.8 Å². The van der Waals surface area contributed by atoms with Crippen molar-refractivity contribution in [1.29, 1.82) is 0 Å². The number of benzene rings is 1. The molecule has 4 unspecified atom stereocenters. The van der Waals surface area contributed by atoms with Gasteiger partial charge in [0, 0.05) is 25.7 Å². The van der Waals surface area contributed by atoms with E-state index < -0.39 is 0 Å². The highest BCUT2D eigenvalue weighted by molar-refractivity contribution is 5.15. The number of rotatable bonds is 7. The summed E-state index contributed by atoms with van der Waals surface area (Å²) in [6.45, 7) is 6.59. The molecule has 0 aromatic heterocycles. The molecule has 0 bridgehead atoms. The summed E-state index contributed by atoms with van der Waals surface area (Å²) in [7, 11) is 0. The number of hydrogen-bond donors (Lipinski definition) is 2. The molecule has 1 aromatic rings. The topological polar surface area (TPSA) is 35.5 Å². The summed E-state index contributed by atoms with van der Waals surface area (Å²) in [5, 5.41) is 13.4. The standard InChI is InChI=1S/C19H30N2O/c1-2-17(22)10-11-20-19-9-8-16-13-21(14-18(16)19)12-15-6-4-3-5-7-15/h3-7,16-20,22H,2,8-14H2,1H3. The second-order valence-electron chi connectivity index (χ2n) is 7.09. The highest BCUT2D eigenvalue weighted by Crippen LogP contribution is 2.38. The van der Waals surface area contributed by atoms with Gasteiger partial charge in [0.05, 0.1) is 6.10 Å². The lowest BCUT2D eigenvalue weighted by atomic mass is 9.97. The maximum Gasteiger partial charge on any atom is 0.0549 e. The van der Waals surface area contributed by atoms with Gasteiger partial charge in [0.1, 0.15) is 0 Å². The lowest BCUT2D eigenvalue weighted by Crippen LogP contribution is -2.37. The maximum atomic E-state index is 9.68. The maximum absolute atomic E-state index is 9.68. The molecule has 3 heteroatoms. The Bertz CT molecular complexity index is 450. The molecular weight excluding hydrogens is 272 g/mol. The molecule has 2 N–H and O–H groups in total. The molecule has 2 fully saturated rings.